The molecule has 2 aliphatic rings. The third-order valence-corrected chi connectivity index (χ3v) is 6.98. The van der Waals surface area contributed by atoms with Crippen LogP contribution in [0.4, 0.5) is 10.5 Å². The van der Waals surface area contributed by atoms with E-state index in [1.54, 1.807) is 6.07 Å². The van der Waals surface area contributed by atoms with Crippen LogP contribution in [0, 0.1) is 11.3 Å². The number of hydrogen-bond donors (Lipinski definition) is 3. The zero-order valence-electron chi connectivity index (χ0n) is 19.2. The topological polar surface area (TPSA) is 116 Å². The van der Waals surface area contributed by atoms with E-state index < -0.39 is 6.09 Å². The first-order chi connectivity index (χ1) is 16.4. The summed E-state index contributed by atoms with van der Waals surface area (Å²) < 4.78 is 0. The van der Waals surface area contributed by atoms with Crippen molar-refractivity contribution in [1.29, 1.82) is 5.26 Å². The first kappa shape index (κ1) is 22.0. The summed E-state index contributed by atoms with van der Waals surface area (Å²) in [4.78, 5) is 33.9. The van der Waals surface area contributed by atoms with Crippen molar-refractivity contribution in [2.45, 2.75) is 18.9 Å². The first-order valence-electron chi connectivity index (χ1n) is 11.7. The van der Waals surface area contributed by atoms with E-state index in [0.717, 1.165) is 60.0 Å². The van der Waals surface area contributed by atoms with Crippen molar-refractivity contribution in [3.8, 4) is 6.07 Å². The molecule has 1 atom stereocenters. The van der Waals surface area contributed by atoms with E-state index in [4.69, 9.17) is 5.11 Å². The maximum atomic E-state index is 13.1. The zero-order chi connectivity index (χ0) is 23.8. The molecule has 3 heterocycles. The van der Waals surface area contributed by atoms with Gasteiger partial charge in [-0.15, -0.1) is 0 Å². The summed E-state index contributed by atoms with van der Waals surface area (Å²) in [5.74, 6) is 0.0213. The highest BCUT2D eigenvalue weighted by atomic mass is 16.4. The van der Waals surface area contributed by atoms with E-state index in [1.807, 2.05) is 29.2 Å². The lowest BCUT2D eigenvalue weighted by Crippen LogP contribution is -2.47. The minimum atomic E-state index is -1.01. The largest absolute Gasteiger partial charge is 0.465 e. The first-order valence-corrected chi connectivity index (χ1v) is 11.7. The maximum absolute atomic E-state index is 13.1. The Morgan fingerprint density at radius 1 is 1.15 bits per heavy atom. The highest BCUT2D eigenvalue weighted by Gasteiger charge is 2.25. The summed E-state index contributed by atoms with van der Waals surface area (Å²) >= 11 is 0. The number of piperazine rings is 1. The van der Waals surface area contributed by atoms with Gasteiger partial charge >= 0.3 is 6.09 Å². The Labute approximate surface area is 197 Å². The second kappa shape index (κ2) is 8.88. The molecule has 0 saturated carbocycles. The van der Waals surface area contributed by atoms with Crippen molar-refractivity contribution >= 4 is 39.5 Å². The standard InChI is InChI=1S/C25H28N6O3/c1-29-9-11-30(12-10-29)24(32)16-4-6-19-20(13-16)28-23-17(14-26)5-7-21(22(19)23)31-8-2-3-18(15-31)27-25(33)34/h4-7,13,18,27-28H,2-3,8-12,15H2,1H3,(H,33,34). The number of rotatable bonds is 3. The van der Waals surface area contributed by atoms with Crippen LogP contribution in [0.3, 0.4) is 0 Å². The van der Waals surface area contributed by atoms with Crippen LogP contribution >= 0.6 is 0 Å². The van der Waals surface area contributed by atoms with Gasteiger partial charge in [0.1, 0.15) is 6.07 Å². The Bertz CT molecular complexity index is 1300. The van der Waals surface area contributed by atoms with E-state index in [9.17, 15) is 14.9 Å². The SMILES string of the molecule is CN1CCN(C(=O)c2ccc3c(c2)[nH]c2c(C#N)ccc(N4CCCC(NC(=O)O)C4)c23)CC1. The fourth-order valence-electron chi connectivity index (χ4n) is 5.16. The number of hydrogen-bond acceptors (Lipinski definition) is 5. The number of likely N-dealkylation sites (N-methyl/N-ethyl adjacent to an activating group) is 1. The molecule has 0 spiro atoms. The number of fused-ring (bicyclic) bond motifs is 3. The van der Waals surface area contributed by atoms with E-state index in [0.29, 0.717) is 30.8 Å². The average molecular weight is 461 g/mol. The number of anilines is 1. The summed E-state index contributed by atoms with van der Waals surface area (Å²) in [6.07, 6.45) is 0.660. The summed E-state index contributed by atoms with van der Waals surface area (Å²) in [5, 5.41) is 23.3. The Balaban J connectivity index is 1.54. The summed E-state index contributed by atoms with van der Waals surface area (Å²) in [6, 6.07) is 11.6. The van der Waals surface area contributed by atoms with Gasteiger partial charge < -0.3 is 30.1 Å². The highest BCUT2D eigenvalue weighted by molar-refractivity contribution is 6.16. The van der Waals surface area contributed by atoms with E-state index in [1.165, 1.54) is 0 Å². The average Bonchev–Trinajstić information content (AvgIpc) is 3.22. The number of H-pyrrole nitrogens is 1. The van der Waals surface area contributed by atoms with E-state index in [-0.39, 0.29) is 11.9 Å². The third kappa shape index (κ3) is 4.01. The van der Waals surface area contributed by atoms with Crippen molar-refractivity contribution in [3.05, 3.63) is 41.5 Å². The zero-order valence-corrected chi connectivity index (χ0v) is 19.2. The van der Waals surface area contributed by atoms with Crippen molar-refractivity contribution in [2.24, 2.45) is 0 Å². The van der Waals surface area contributed by atoms with Gasteiger partial charge in [0.05, 0.1) is 11.1 Å². The molecule has 176 valence electrons. The number of aromatic nitrogens is 1. The van der Waals surface area contributed by atoms with Gasteiger partial charge in [0, 0.05) is 72.9 Å². The lowest BCUT2D eigenvalue weighted by molar-refractivity contribution is 0.0664. The fraction of sp³-hybridized carbons (Fsp3) is 0.400. The molecule has 3 N–H and O–H groups in total. The molecular formula is C25H28N6O3. The van der Waals surface area contributed by atoms with Crippen LogP contribution < -0.4 is 10.2 Å². The van der Waals surface area contributed by atoms with Gasteiger partial charge in [-0.05, 0) is 44.2 Å². The number of carboxylic acid groups (broad SMARTS) is 1. The number of carbonyl (C=O) groups is 2. The minimum absolute atomic E-state index is 0.0213. The molecule has 2 fully saturated rings. The Kier molecular flexibility index (Phi) is 5.75. The molecule has 9 heteroatoms. The lowest BCUT2D eigenvalue weighted by Gasteiger charge is -2.34. The molecule has 2 amide bonds. The second-order valence-electron chi connectivity index (χ2n) is 9.21. The quantitative estimate of drug-likeness (QED) is 0.554. The molecule has 0 aliphatic carbocycles. The molecular weight excluding hydrogens is 432 g/mol. The molecule has 5 rings (SSSR count). The number of aromatic amines is 1. The van der Waals surface area contributed by atoms with E-state index in [2.05, 4.69) is 33.2 Å². The molecule has 2 saturated heterocycles. The van der Waals surface area contributed by atoms with Crippen LogP contribution in [0.1, 0.15) is 28.8 Å². The molecule has 2 aromatic carbocycles. The predicted octanol–water partition coefficient (Wildman–Crippen LogP) is 2.82. The molecule has 1 aromatic heterocycles. The van der Waals surface area contributed by atoms with Crippen LogP contribution in [-0.2, 0) is 0 Å². The van der Waals surface area contributed by atoms with Gasteiger partial charge in [0.25, 0.3) is 5.91 Å². The minimum Gasteiger partial charge on any atom is -0.465 e. The van der Waals surface area contributed by atoms with Crippen molar-refractivity contribution in [2.75, 3.05) is 51.2 Å². The Morgan fingerprint density at radius 3 is 2.68 bits per heavy atom. The van der Waals surface area contributed by atoms with Crippen LogP contribution in [-0.4, -0.2) is 84.2 Å². The normalized spacial score (nSPS) is 19.4. The molecule has 9 nitrogen and oxygen atoms in total. The summed E-state index contributed by atoms with van der Waals surface area (Å²) in [6.45, 7) is 4.53. The fourth-order valence-corrected chi connectivity index (χ4v) is 5.16. The second-order valence-corrected chi connectivity index (χ2v) is 9.21. The van der Waals surface area contributed by atoms with Gasteiger partial charge in [0.2, 0.25) is 0 Å². The van der Waals surface area contributed by atoms with Gasteiger partial charge in [-0.1, -0.05) is 6.07 Å². The number of nitriles is 1. The smallest absolute Gasteiger partial charge is 0.404 e. The Hall–Kier alpha value is -3.77. The molecule has 1 unspecified atom stereocenters. The molecule has 0 radical (unpaired) electrons. The summed E-state index contributed by atoms with van der Waals surface area (Å²) in [7, 11) is 2.06. The van der Waals surface area contributed by atoms with Crippen molar-refractivity contribution in [1.82, 2.24) is 20.1 Å². The highest BCUT2D eigenvalue weighted by Crippen LogP contribution is 2.37. The van der Waals surface area contributed by atoms with Gasteiger partial charge in [0.15, 0.2) is 0 Å². The number of nitrogens with zero attached hydrogens (tertiary/aromatic N) is 4. The van der Waals surface area contributed by atoms with Gasteiger partial charge in [-0.3, -0.25) is 4.79 Å². The maximum Gasteiger partial charge on any atom is 0.404 e. The van der Waals surface area contributed by atoms with Gasteiger partial charge in [-0.25, -0.2) is 4.79 Å². The van der Waals surface area contributed by atoms with Crippen LogP contribution in [0.5, 0.6) is 0 Å². The number of piperidine rings is 1. The van der Waals surface area contributed by atoms with Crippen molar-refractivity contribution < 1.29 is 14.7 Å². The lowest BCUT2D eigenvalue weighted by atomic mass is 10.0. The monoisotopic (exact) mass is 460 g/mol. The van der Waals surface area contributed by atoms with Crippen molar-refractivity contribution in [3.63, 3.8) is 0 Å². The number of nitrogens with one attached hydrogen (secondary N) is 2. The number of amides is 2. The van der Waals surface area contributed by atoms with E-state index >= 15 is 0 Å². The number of benzene rings is 2. The summed E-state index contributed by atoms with van der Waals surface area (Å²) in [5.41, 5.74) is 3.70. The molecule has 3 aromatic rings. The Morgan fingerprint density at radius 2 is 1.94 bits per heavy atom. The predicted molar refractivity (Wildman–Crippen MR) is 130 cm³/mol. The van der Waals surface area contributed by atoms with Crippen LogP contribution in [0.25, 0.3) is 21.8 Å². The number of carbonyl (C=O) groups excluding carboxylic acids is 1. The van der Waals surface area contributed by atoms with Gasteiger partial charge in [-0.2, -0.15) is 5.26 Å². The van der Waals surface area contributed by atoms with Crippen LogP contribution in [0.15, 0.2) is 30.3 Å². The van der Waals surface area contributed by atoms with Crippen LogP contribution in [0.2, 0.25) is 0 Å². The molecule has 2 aliphatic heterocycles. The molecule has 34 heavy (non-hydrogen) atoms. The third-order valence-electron chi connectivity index (χ3n) is 6.98. The molecule has 0 bridgehead atoms.